The van der Waals surface area contributed by atoms with E-state index in [0.29, 0.717) is 6.54 Å². The lowest BCUT2D eigenvalue weighted by Gasteiger charge is -2.25. The van der Waals surface area contributed by atoms with Crippen molar-refractivity contribution in [2.75, 3.05) is 0 Å². The number of benzene rings is 2. The zero-order valence-corrected chi connectivity index (χ0v) is 11.9. The Bertz CT molecular complexity index is 761. The van der Waals surface area contributed by atoms with E-state index in [-0.39, 0.29) is 5.02 Å². The molecule has 102 valence electrons. The van der Waals surface area contributed by atoms with E-state index in [9.17, 15) is 4.39 Å². The second-order valence-electron chi connectivity index (χ2n) is 4.55. The summed E-state index contributed by atoms with van der Waals surface area (Å²) in [5, 5.41) is 1.98. The first-order valence-electron chi connectivity index (χ1n) is 6.12. The van der Waals surface area contributed by atoms with Gasteiger partial charge in [0.05, 0.1) is 10.4 Å². The maximum atomic E-state index is 13.5. The number of halogens is 3. The number of hydrogen-bond acceptors (Lipinski definition) is 2. The summed E-state index contributed by atoms with van der Waals surface area (Å²) < 4.78 is 13.5. The molecule has 1 atom stereocenters. The van der Waals surface area contributed by atoms with Gasteiger partial charge in [0, 0.05) is 18.0 Å². The number of alkyl halides is 1. The second-order valence-corrected chi connectivity index (χ2v) is 5.35. The highest BCUT2D eigenvalue weighted by Gasteiger charge is 2.15. The normalized spacial score (nSPS) is 17.1. The summed E-state index contributed by atoms with van der Waals surface area (Å²) in [7, 11) is 0. The average Bonchev–Trinajstić information content (AvgIpc) is 2.44. The third kappa shape index (κ3) is 2.65. The van der Waals surface area contributed by atoms with Gasteiger partial charge in [-0.05, 0) is 23.8 Å². The largest absolute Gasteiger partial charge is 0.339 e. The lowest BCUT2D eigenvalue weighted by molar-refractivity contribution is 0.370. The lowest BCUT2D eigenvalue weighted by atomic mass is 10.2. The number of rotatable bonds is 2. The molecule has 0 spiro atoms. The minimum absolute atomic E-state index is 0.119. The Morgan fingerprint density at radius 3 is 2.80 bits per heavy atom. The first-order valence-corrected chi connectivity index (χ1v) is 6.93. The van der Waals surface area contributed by atoms with Crippen molar-refractivity contribution in [2.24, 2.45) is 4.99 Å². The summed E-state index contributed by atoms with van der Waals surface area (Å²) >= 11 is 11.9. The van der Waals surface area contributed by atoms with Crippen LogP contribution in [0.25, 0.3) is 6.20 Å². The van der Waals surface area contributed by atoms with Crippen molar-refractivity contribution in [1.82, 2.24) is 4.90 Å². The van der Waals surface area contributed by atoms with Crippen LogP contribution in [0.1, 0.15) is 5.56 Å². The molecule has 2 nitrogen and oxygen atoms in total. The third-order valence-electron chi connectivity index (χ3n) is 3.11. The molecule has 3 rings (SSSR count). The predicted octanol–water partition coefficient (Wildman–Crippen LogP) is 2.87. The quantitative estimate of drug-likeness (QED) is 0.615. The van der Waals surface area contributed by atoms with E-state index < -0.39 is 11.4 Å². The van der Waals surface area contributed by atoms with Gasteiger partial charge in [0.2, 0.25) is 0 Å². The van der Waals surface area contributed by atoms with Crippen LogP contribution in [-0.2, 0) is 6.54 Å². The molecule has 0 aliphatic carbocycles. The first-order chi connectivity index (χ1) is 9.63. The minimum Gasteiger partial charge on any atom is -0.339 e. The summed E-state index contributed by atoms with van der Waals surface area (Å²) in [5.41, 5.74) is 0.298. The molecule has 0 bridgehead atoms. The topological polar surface area (TPSA) is 15.6 Å². The number of para-hydroxylation sites is 1. The Morgan fingerprint density at radius 1 is 1.20 bits per heavy atom. The van der Waals surface area contributed by atoms with E-state index in [1.165, 1.54) is 6.07 Å². The fraction of sp³-hybridized carbons (Fsp3) is 0.133. The Morgan fingerprint density at radius 2 is 2.00 bits per heavy atom. The molecule has 1 heterocycles. The molecule has 0 amide bonds. The molecule has 2 aromatic rings. The van der Waals surface area contributed by atoms with Crippen LogP contribution in [0.15, 0.2) is 47.5 Å². The van der Waals surface area contributed by atoms with Crippen LogP contribution in [0.3, 0.4) is 0 Å². The fourth-order valence-corrected chi connectivity index (χ4v) is 2.46. The smallest absolute Gasteiger partial charge is 0.198 e. The lowest BCUT2D eigenvalue weighted by Crippen LogP contribution is -2.39. The van der Waals surface area contributed by atoms with Crippen LogP contribution in [-0.4, -0.2) is 10.5 Å². The van der Waals surface area contributed by atoms with E-state index in [2.05, 4.69) is 4.99 Å². The van der Waals surface area contributed by atoms with E-state index in [1.807, 2.05) is 35.4 Å². The Kier molecular flexibility index (Phi) is 3.64. The van der Waals surface area contributed by atoms with Crippen molar-refractivity contribution >= 4 is 29.4 Å². The molecule has 0 radical (unpaired) electrons. The molecule has 0 fully saturated rings. The van der Waals surface area contributed by atoms with E-state index in [4.69, 9.17) is 23.2 Å². The monoisotopic (exact) mass is 308 g/mol. The molecule has 0 aromatic heterocycles. The van der Waals surface area contributed by atoms with Gasteiger partial charge in [-0.2, -0.15) is 0 Å². The van der Waals surface area contributed by atoms with E-state index in [1.54, 1.807) is 12.1 Å². The maximum Gasteiger partial charge on any atom is 0.198 e. The predicted molar refractivity (Wildman–Crippen MR) is 78.3 cm³/mol. The summed E-state index contributed by atoms with van der Waals surface area (Å²) in [5.74, 6) is -0.426. The van der Waals surface area contributed by atoms with Crippen LogP contribution in [0.4, 0.5) is 4.39 Å². The second kappa shape index (κ2) is 5.43. The minimum atomic E-state index is -0.497. The molecule has 5 heteroatoms. The number of nitrogens with zero attached hydrogens (tertiary/aromatic N) is 2. The summed E-state index contributed by atoms with van der Waals surface area (Å²) in [6, 6.07) is 12.5. The van der Waals surface area contributed by atoms with Gasteiger partial charge in [0.1, 0.15) is 5.82 Å². The van der Waals surface area contributed by atoms with Gasteiger partial charge < -0.3 is 4.90 Å². The first kappa shape index (κ1) is 13.4. The van der Waals surface area contributed by atoms with Crippen molar-refractivity contribution in [3.05, 3.63) is 69.4 Å². The molecule has 0 saturated heterocycles. The van der Waals surface area contributed by atoms with Crippen LogP contribution in [0, 0.1) is 5.82 Å². The van der Waals surface area contributed by atoms with Gasteiger partial charge >= 0.3 is 0 Å². The van der Waals surface area contributed by atoms with Gasteiger partial charge in [-0.25, -0.2) is 9.38 Å². The average molecular weight is 309 g/mol. The van der Waals surface area contributed by atoms with Crippen molar-refractivity contribution in [1.29, 1.82) is 0 Å². The molecule has 0 N–H and O–H groups in total. The van der Waals surface area contributed by atoms with Gasteiger partial charge in [-0.1, -0.05) is 47.5 Å². The highest BCUT2D eigenvalue weighted by molar-refractivity contribution is 6.30. The molecular weight excluding hydrogens is 298 g/mol. The van der Waals surface area contributed by atoms with Crippen LogP contribution >= 0.6 is 23.2 Å². The fourth-order valence-electron chi connectivity index (χ4n) is 2.11. The van der Waals surface area contributed by atoms with Gasteiger partial charge in [0.15, 0.2) is 5.62 Å². The van der Waals surface area contributed by atoms with Crippen molar-refractivity contribution in [3.8, 4) is 0 Å². The van der Waals surface area contributed by atoms with Gasteiger partial charge in [-0.3, -0.25) is 0 Å². The molecule has 1 unspecified atom stereocenters. The van der Waals surface area contributed by atoms with Crippen LogP contribution in [0.2, 0.25) is 5.02 Å². The van der Waals surface area contributed by atoms with Crippen LogP contribution < -0.4 is 10.6 Å². The molecule has 20 heavy (non-hydrogen) atoms. The zero-order chi connectivity index (χ0) is 14.1. The highest BCUT2D eigenvalue weighted by Crippen LogP contribution is 2.19. The third-order valence-corrected chi connectivity index (χ3v) is 3.76. The molecule has 0 saturated carbocycles. The Labute approximate surface area is 125 Å². The van der Waals surface area contributed by atoms with E-state index in [0.717, 1.165) is 16.1 Å². The van der Waals surface area contributed by atoms with Crippen LogP contribution in [0.5, 0.6) is 0 Å². The Balaban J connectivity index is 1.92. The van der Waals surface area contributed by atoms with Gasteiger partial charge in [-0.15, -0.1) is 0 Å². The number of hydrogen-bond donors (Lipinski definition) is 0. The summed E-state index contributed by atoms with van der Waals surface area (Å²) in [4.78, 5) is 6.26. The van der Waals surface area contributed by atoms with Crippen molar-refractivity contribution in [3.63, 3.8) is 0 Å². The molecule has 1 aliphatic rings. The Hall–Kier alpha value is -1.58. The number of fused-ring (bicyclic) bond motifs is 1. The molecular formula is C15H11Cl2FN2. The standard InChI is InChI=1S/C15H11Cl2FN2/c16-12-6-5-10(7-13(12)18)8-20-9-11-3-1-2-4-14(11)19-15(20)17/h1-7,9,15H,8H2. The van der Waals surface area contributed by atoms with Crippen molar-refractivity contribution < 1.29 is 4.39 Å². The molecule has 2 aromatic carbocycles. The summed E-state index contributed by atoms with van der Waals surface area (Å²) in [6.07, 6.45) is 1.94. The molecule has 1 aliphatic heterocycles. The zero-order valence-electron chi connectivity index (χ0n) is 10.4. The maximum absolute atomic E-state index is 13.5. The SMILES string of the molecule is Fc1cc(CN2C=c3ccccc3=NC2Cl)ccc1Cl. The van der Waals surface area contributed by atoms with Gasteiger partial charge in [0.25, 0.3) is 0 Å². The van der Waals surface area contributed by atoms with E-state index >= 15 is 0 Å². The summed E-state index contributed by atoms with van der Waals surface area (Å²) in [6.45, 7) is 0.472. The highest BCUT2D eigenvalue weighted by atomic mass is 35.5. The van der Waals surface area contributed by atoms with Crippen molar-refractivity contribution in [2.45, 2.75) is 12.2 Å².